The zero-order valence-electron chi connectivity index (χ0n) is 31.2. The Morgan fingerprint density at radius 1 is 0.333 bits per heavy atom. The maximum Gasteiger partial charge on any atom is 0.114 e. The molecule has 4 heteroatoms. The molecule has 0 N–H and O–H groups in total. The third-order valence-electron chi connectivity index (χ3n) is 11.2. The van der Waals surface area contributed by atoms with Crippen LogP contribution in [-0.2, 0) is 0 Å². The molecule has 0 saturated carbocycles. The largest absolute Gasteiger partial charge is 0.144 e. The Kier molecular flexibility index (Phi) is 24.9. The summed E-state index contributed by atoms with van der Waals surface area (Å²) in [6.07, 6.45) is 41.5. The van der Waals surface area contributed by atoms with Crippen LogP contribution in [0.15, 0.2) is 0 Å². The zero-order chi connectivity index (χ0) is 31.8. The van der Waals surface area contributed by atoms with Gasteiger partial charge in [0.25, 0.3) is 0 Å². The van der Waals surface area contributed by atoms with Gasteiger partial charge in [-0.3, -0.25) is 0 Å². The lowest BCUT2D eigenvalue weighted by Crippen LogP contribution is -2.84. The van der Waals surface area contributed by atoms with E-state index in [0.717, 1.165) is 0 Å². The van der Waals surface area contributed by atoms with Crippen LogP contribution in [0, 0.1) is 12.0 Å². The van der Waals surface area contributed by atoms with Gasteiger partial charge in [0.2, 0.25) is 0 Å². The van der Waals surface area contributed by atoms with Gasteiger partial charge in [0, 0.05) is 0 Å². The molecule has 0 radical (unpaired) electrons. The lowest BCUT2D eigenvalue weighted by atomic mass is 10.1. The standard InChI is InChI=1S/C38H82Si4/c1-11-15-18-21-24-27-30-33-36-39(5,6)42(14-4,40(7,8)37-34-31-28-25-22-19-16-12-2)41(9,10)38-35-32-29-26-23-20-17-13-3/h4H,11-13,15-38H2,1-3,5-10H3. The van der Waals surface area contributed by atoms with E-state index in [1.54, 1.807) is 0 Å². The highest BCUT2D eigenvalue weighted by atomic mass is 29.9. The first-order chi connectivity index (χ1) is 20.0. The number of hydrogen-bond donors (Lipinski definition) is 0. The third kappa shape index (κ3) is 15.6. The van der Waals surface area contributed by atoms with Gasteiger partial charge in [-0.1, -0.05) is 232 Å². The van der Waals surface area contributed by atoms with Crippen LogP contribution < -0.4 is 0 Å². The summed E-state index contributed by atoms with van der Waals surface area (Å²) in [4.78, 5) is 0. The van der Waals surface area contributed by atoms with Crippen LogP contribution in [0.5, 0.6) is 0 Å². The van der Waals surface area contributed by atoms with Crippen molar-refractivity contribution in [3.05, 3.63) is 0 Å². The average molecular weight is 651 g/mol. The van der Waals surface area contributed by atoms with Crippen LogP contribution in [0.1, 0.15) is 175 Å². The van der Waals surface area contributed by atoms with Gasteiger partial charge in [-0.2, -0.15) is 0 Å². The lowest BCUT2D eigenvalue weighted by molar-refractivity contribution is 0.584. The van der Waals surface area contributed by atoms with Gasteiger partial charge in [-0.25, -0.2) is 0 Å². The lowest BCUT2D eigenvalue weighted by Gasteiger charge is -2.57. The van der Waals surface area contributed by atoms with Crippen molar-refractivity contribution in [2.75, 3.05) is 0 Å². The summed E-state index contributed by atoms with van der Waals surface area (Å²) in [5, 5.41) is 0. The minimum atomic E-state index is -1.77. The van der Waals surface area contributed by atoms with E-state index in [1.807, 2.05) is 0 Å². The maximum atomic E-state index is 6.98. The molecule has 0 fully saturated rings. The van der Waals surface area contributed by atoms with E-state index >= 15 is 0 Å². The molecule has 0 heterocycles. The monoisotopic (exact) mass is 651 g/mol. The molecule has 0 bridgehead atoms. The van der Waals surface area contributed by atoms with Gasteiger partial charge in [0.05, 0.1) is 22.8 Å². The van der Waals surface area contributed by atoms with Gasteiger partial charge in [0.15, 0.2) is 0 Å². The Hall–Kier alpha value is 0.428. The van der Waals surface area contributed by atoms with Crippen LogP contribution in [0.3, 0.4) is 0 Å². The Balaban J connectivity index is 5.46. The fraction of sp³-hybridized carbons (Fsp3) is 0.947. The van der Waals surface area contributed by atoms with Crippen LogP contribution in [0.4, 0.5) is 0 Å². The van der Waals surface area contributed by atoms with Gasteiger partial charge < -0.3 is 0 Å². The maximum absolute atomic E-state index is 6.98. The molecule has 0 aromatic rings. The summed E-state index contributed by atoms with van der Waals surface area (Å²) in [5.74, 6) is 0. The van der Waals surface area contributed by atoms with Crippen molar-refractivity contribution < 1.29 is 0 Å². The van der Waals surface area contributed by atoms with Gasteiger partial charge in [-0.15, -0.1) is 12.0 Å². The molecular formula is C38H82Si4. The molecule has 0 unspecified atom stereocenters. The van der Waals surface area contributed by atoms with E-state index < -0.39 is 29.4 Å². The van der Waals surface area contributed by atoms with E-state index in [0.29, 0.717) is 0 Å². The summed E-state index contributed by atoms with van der Waals surface area (Å²) in [5.41, 5.74) is 3.99. The summed E-state index contributed by atoms with van der Waals surface area (Å²) in [7, 11) is -4.47. The van der Waals surface area contributed by atoms with Crippen LogP contribution >= 0.6 is 0 Å². The highest BCUT2D eigenvalue weighted by molar-refractivity contribution is 7.92. The highest BCUT2D eigenvalue weighted by Crippen LogP contribution is 2.44. The molecule has 0 atom stereocenters. The minimum absolute atomic E-state index is 1.36. The second-order valence-corrected chi connectivity index (χ2v) is 54.2. The third-order valence-corrected chi connectivity index (χ3v) is 80.9. The molecule has 0 amide bonds. The van der Waals surface area contributed by atoms with Crippen molar-refractivity contribution >= 4 is 29.4 Å². The van der Waals surface area contributed by atoms with Crippen molar-refractivity contribution in [2.24, 2.45) is 0 Å². The summed E-state index contributed by atoms with van der Waals surface area (Å²) < 4.78 is 0. The molecule has 0 aliphatic heterocycles. The number of hydrogen-bond acceptors (Lipinski definition) is 0. The molecule has 0 aliphatic carbocycles. The first-order valence-corrected chi connectivity index (χ1v) is 34.1. The molecule has 0 rings (SSSR count). The molecule has 0 saturated heterocycles. The first kappa shape index (κ1) is 42.4. The summed E-state index contributed by atoms with van der Waals surface area (Å²) >= 11 is 0. The second kappa shape index (κ2) is 24.6. The average Bonchev–Trinajstić information content (AvgIpc) is 2.93. The Morgan fingerprint density at radius 2 is 0.524 bits per heavy atom. The van der Waals surface area contributed by atoms with Crippen molar-refractivity contribution in [3.8, 4) is 12.0 Å². The number of rotatable bonds is 30. The summed E-state index contributed by atoms with van der Waals surface area (Å²) in [6.45, 7) is 22.2. The number of unbranched alkanes of at least 4 members (excludes halogenated alkanes) is 21. The SMILES string of the molecule is C#C[Si]([Si](C)(C)CCCCCCCCCC)([Si](C)(C)CCCCCCCCCC)[Si](C)(C)CCCCCCCCCC. The normalized spacial score (nSPS) is 13.0. The van der Waals surface area contributed by atoms with Gasteiger partial charge in [-0.05, 0) is 0 Å². The fourth-order valence-electron chi connectivity index (χ4n) is 9.00. The van der Waals surface area contributed by atoms with Crippen LogP contribution in [-0.4, -0.2) is 29.4 Å². The van der Waals surface area contributed by atoms with E-state index in [2.05, 4.69) is 65.6 Å². The van der Waals surface area contributed by atoms with Crippen molar-refractivity contribution in [3.63, 3.8) is 0 Å². The zero-order valence-corrected chi connectivity index (χ0v) is 35.2. The quantitative estimate of drug-likeness (QED) is 0.0412. The minimum Gasteiger partial charge on any atom is -0.144 e. The molecule has 42 heavy (non-hydrogen) atoms. The van der Waals surface area contributed by atoms with Gasteiger partial charge >= 0.3 is 0 Å². The topological polar surface area (TPSA) is 0 Å². The molecule has 0 aliphatic rings. The van der Waals surface area contributed by atoms with Crippen LogP contribution in [0.2, 0.25) is 57.4 Å². The number of terminal acetylenes is 1. The molecule has 0 nitrogen and oxygen atoms in total. The van der Waals surface area contributed by atoms with E-state index in [1.165, 1.54) is 172 Å². The molecule has 0 spiro atoms. The van der Waals surface area contributed by atoms with E-state index in [4.69, 9.17) is 6.42 Å². The molecule has 0 aromatic heterocycles. The molecule has 250 valence electrons. The second-order valence-electron chi connectivity index (χ2n) is 16.2. The van der Waals surface area contributed by atoms with E-state index in [9.17, 15) is 0 Å². The Bertz CT molecular complexity index is 582. The smallest absolute Gasteiger partial charge is 0.114 e. The predicted octanol–water partition coefficient (Wildman–Crippen LogP) is 14.4. The van der Waals surface area contributed by atoms with Crippen LogP contribution in [0.25, 0.3) is 0 Å². The fourth-order valence-corrected chi connectivity index (χ4v) is 101. The predicted molar refractivity (Wildman–Crippen MR) is 209 cm³/mol. The molecule has 0 aromatic carbocycles. The summed E-state index contributed by atoms with van der Waals surface area (Å²) in [6, 6.07) is 4.58. The van der Waals surface area contributed by atoms with Crippen molar-refractivity contribution in [1.82, 2.24) is 0 Å². The van der Waals surface area contributed by atoms with Crippen molar-refractivity contribution in [1.29, 1.82) is 0 Å². The van der Waals surface area contributed by atoms with Crippen molar-refractivity contribution in [2.45, 2.75) is 232 Å². The Morgan fingerprint density at radius 3 is 0.714 bits per heavy atom. The Labute approximate surface area is 272 Å². The van der Waals surface area contributed by atoms with Gasteiger partial charge in [0.1, 0.15) is 6.63 Å². The molecular weight excluding hydrogens is 569 g/mol. The highest BCUT2D eigenvalue weighted by Gasteiger charge is 2.65. The first-order valence-electron chi connectivity index (χ1n) is 19.5. The van der Waals surface area contributed by atoms with E-state index in [-0.39, 0.29) is 0 Å².